The Morgan fingerprint density at radius 1 is 1.38 bits per heavy atom. The van der Waals surface area contributed by atoms with E-state index in [0.29, 0.717) is 18.2 Å². The summed E-state index contributed by atoms with van der Waals surface area (Å²) >= 11 is 0. The van der Waals surface area contributed by atoms with Gasteiger partial charge in [0.25, 0.3) is 0 Å². The fourth-order valence-corrected chi connectivity index (χ4v) is 3.00. The lowest BCUT2D eigenvalue weighted by Gasteiger charge is -2.32. The first kappa shape index (κ1) is 16.1. The number of hydrogen-bond acceptors (Lipinski definition) is 5. The van der Waals surface area contributed by atoms with Gasteiger partial charge in [0, 0.05) is 32.3 Å². The van der Waals surface area contributed by atoms with Gasteiger partial charge in [-0.25, -0.2) is 0 Å². The van der Waals surface area contributed by atoms with Crippen molar-refractivity contribution < 1.29 is 14.9 Å². The predicted molar refractivity (Wildman–Crippen MR) is 82.7 cm³/mol. The Bertz CT molecular complexity index is 427. The van der Waals surface area contributed by atoms with Gasteiger partial charge in [-0.2, -0.15) is 0 Å². The van der Waals surface area contributed by atoms with Crippen LogP contribution in [0.1, 0.15) is 31.4 Å². The summed E-state index contributed by atoms with van der Waals surface area (Å²) in [6.45, 7) is 5.37. The molecule has 0 aliphatic carbocycles. The van der Waals surface area contributed by atoms with Gasteiger partial charge in [0.05, 0.1) is 12.2 Å². The average Bonchev–Trinajstić information content (AvgIpc) is 2.96. The van der Waals surface area contributed by atoms with Gasteiger partial charge in [0.1, 0.15) is 11.5 Å². The first-order valence-corrected chi connectivity index (χ1v) is 7.60. The monoisotopic (exact) mass is 294 g/mol. The molecule has 2 atom stereocenters. The molecule has 0 aromatic heterocycles. The minimum absolute atomic E-state index is 0.0660. The normalized spacial score (nSPS) is 20.0. The molecule has 118 valence electrons. The number of phenols is 2. The summed E-state index contributed by atoms with van der Waals surface area (Å²) in [6, 6.07) is 5.29. The quantitative estimate of drug-likeness (QED) is 0.716. The number of methoxy groups -OCH3 is 1. The maximum atomic E-state index is 10.1. The molecule has 1 aromatic rings. The highest BCUT2D eigenvalue weighted by Gasteiger charge is 2.25. The zero-order chi connectivity index (χ0) is 15.2. The molecular weight excluding hydrogens is 268 g/mol. The lowest BCUT2D eigenvalue weighted by atomic mass is 10.0. The molecule has 0 saturated carbocycles. The molecule has 5 nitrogen and oxygen atoms in total. The maximum absolute atomic E-state index is 10.1. The first-order valence-electron chi connectivity index (χ1n) is 7.60. The van der Waals surface area contributed by atoms with E-state index >= 15 is 0 Å². The van der Waals surface area contributed by atoms with Crippen LogP contribution < -0.4 is 5.32 Å². The molecule has 0 radical (unpaired) electrons. The van der Waals surface area contributed by atoms with Crippen LogP contribution in [0.15, 0.2) is 18.2 Å². The number of hydrogen-bond donors (Lipinski definition) is 3. The summed E-state index contributed by atoms with van der Waals surface area (Å²) in [6.07, 6.45) is 2.38. The van der Waals surface area contributed by atoms with Crippen molar-refractivity contribution in [3.05, 3.63) is 23.8 Å². The fraction of sp³-hybridized carbons (Fsp3) is 0.625. The zero-order valence-corrected chi connectivity index (χ0v) is 12.9. The van der Waals surface area contributed by atoms with Crippen LogP contribution in [0.25, 0.3) is 0 Å². The van der Waals surface area contributed by atoms with Crippen LogP contribution in [0.5, 0.6) is 11.5 Å². The molecule has 1 aliphatic rings. The summed E-state index contributed by atoms with van der Waals surface area (Å²) in [5.41, 5.74) is 0.589. The lowest BCUT2D eigenvalue weighted by Crippen LogP contribution is -2.40. The predicted octanol–water partition coefficient (Wildman–Crippen LogP) is 1.86. The number of aromatic hydroxyl groups is 2. The third-order valence-electron chi connectivity index (χ3n) is 4.23. The van der Waals surface area contributed by atoms with Crippen molar-refractivity contribution >= 4 is 0 Å². The molecule has 1 heterocycles. The Kier molecular flexibility index (Phi) is 5.85. The molecule has 2 rings (SSSR count). The van der Waals surface area contributed by atoms with Gasteiger partial charge in [-0.05, 0) is 38.4 Å². The number of phenolic OH excluding ortho intramolecular Hbond substituents is 2. The van der Waals surface area contributed by atoms with Crippen LogP contribution in [0.2, 0.25) is 0 Å². The van der Waals surface area contributed by atoms with Crippen molar-refractivity contribution in [2.45, 2.75) is 31.8 Å². The van der Waals surface area contributed by atoms with Gasteiger partial charge in [0.2, 0.25) is 0 Å². The van der Waals surface area contributed by atoms with E-state index in [9.17, 15) is 10.2 Å². The Labute approximate surface area is 126 Å². The van der Waals surface area contributed by atoms with Crippen molar-refractivity contribution in [2.75, 3.05) is 33.4 Å². The molecule has 1 saturated heterocycles. The highest BCUT2D eigenvalue weighted by atomic mass is 16.5. The standard InChI is InChI=1S/C16H26N2O3/c1-12(16-14(19)6-3-7-15(16)20)18(9-10-21-2)11-13-5-4-8-17-13/h3,6-7,12-13,17,19-20H,4-5,8-11H2,1-2H3. The molecule has 0 amide bonds. The van der Waals surface area contributed by atoms with E-state index in [2.05, 4.69) is 10.2 Å². The minimum Gasteiger partial charge on any atom is -0.507 e. The first-order chi connectivity index (χ1) is 10.1. The van der Waals surface area contributed by atoms with Crippen molar-refractivity contribution in [3.63, 3.8) is 0 Å². The molecule has 3 N–H and O–H groups in total. The SMILES string of the molecule is COCCN(CC1CCCN1)C(C)c1c(O)cccc1O. The molecule has 1 fully saturated rings. The van der Waals surface area contributed by atoms with Gasteiger partial charge < -0.3 is 20.3 Å². The summed E-state index contributed by atoms with van der Waals surface area (Å²) in [5, 5.41) is 23.6. The molecule has 0 spiro atoms. The second-order valence-corrected chi connectivity index (χ2v) is 5.67. The summed E-state index contributed by atoms with van der Waals surface area (Å²) < 4.78 is 5.20. The van der Waals surface area contributed by atoms with Crippen molar-refractivity contribution in [3.8, 4) is 11.5 Å². The van der Waals surface area contributed by atoms with Gasteiger partial charge in [-0.1, -0.05) is 6.07 Å². The molecule has 1 aromatic carbocycles. The molecule has 2 unspecified atom stereocenters. The van der Waals surface area contributed by atoms with Gasteiger partial charge in [-0.15, -0.1) is 0 Å². The highest BCUT2D eigenvalue weighted by molar-refractivity contribution is 5.45. The average molecular weight is 294 g/mol. The Balaban J connectivity index is 2.13. The van der Waals surface area contributed by atoms with Crippen LogP contribution in [-0.4, -0.2) is 54.5 Å². The van der Waals surface area contributed by atoms with E-state index < -0.39 is 0 Å². The van der Waals surface area contributed by atoms with E-state index in [1.807, 2.05) is 6.92 Å². The summed E-state index contributed by atoms with van der Waals surface area (Å²) in [5.74, 6) is 0.286. The summed E-state index contributed by atoms with van der Waals surface area (Å²) in [7, 11) is 1.69. The van der Waals surface area contributed by atoms with Crippen LogP contribution >= 0.6 is 0 Å². The van der Waals surface area contributed by atoms with Crippen LogP contribution in [-0.2, 0) is 4.74 Å². The maximum Gasteiger partial charge on any atom is 0.124 e. The second-order valence-electron chi connectivity index (χ2n) is 5.67. The van der Waals surface area contributed by atoms with Crippen molar-refractivity contribution in [1.82, 2.24) is 10.2 Å². The fourth-order valence-electron chi connectivity index (χ4n) is 3.00. The number of nitrogens with zero attached hydrogens (tertiary/aromatic N) is 1. The number of benzene rings is 1. The molecule has 1 aliphatic heterocycles. The van der Waals surface area contributed by atoms with Crippen molar-refractivity contribution in [2.24, 2.45) is 0 Å². The van der Waals surface area contributed by atoms with Gasteiger partial charge in [0.15, 0.2) is 0 Å². The zero-order valence-electron chi connectivity index (χ0n) is 12.9. The minimum atomic E-state index is -0.0660. The topological polar surface area (TPSA) is 65.0 Å². The molecule has 0 bridgehead atoms. The Hall–Kier alpha value is -1.30. The van der Waals surface area contributed by atoms with Crippen LogP contribution in [0.3, 0.4) is 0 Å². The Morgan fingerprint density at radius 3 is 2.67 bits per heavy atom. The largest absolute Gasteiger partial charge is 0.507 e. The number of ether oxygens (including phenoxy) is 1. The third kappa shape index (κ3) is 4.09. The van der Waals surface area contributed by atoms with Gasteiger partial charge >= 0.3 is 0 Å². The second kappa shape index (κ2) is 7.64. The lowest BCUT2D eigenvalue weighted by molar-refractivity contribution is 0.116. The van der Waals surface area contributed by atoms with E-state index in [-0.39, 0.29) is 17.5 Å². The molecule has 21 heavy (non-hydrogen) atoms. The highest BCUT2D eigenvalue weighted by Crippen LogP contribution is 2.35. The van der Waals surface area contributed by atoms with E-state index in [4.69, 9.17) is 4.74 Å². The van der Waals surface area contributed by atoms with Gasteiger partial charge in [-0.3, -0.25) is 4.90 Å². The van der Waals surface area contributed by atoms with Crippen LogP contribution in [0.4, 0.5) is 0 Å². The number of rotatable bonds is 7. The van der Waals surface area contributed by atoms with Crippen molar-refractivity contribution in [1.29, 1.82) is 0 Å². The molecule has 5 heteroatoms. The van der Waals surface area contributed by atoms with E-state index in [1.54, 1.807) is 25.3 Å². The Morgan fingerprint density at radius 2 is 2.10 bits per heavy atom. The number of nitrogens with one attached hydrogen (secondary N) is 1. The third-order valence-corrected chi connectivity index (χ3v) is 4.23. The van der Waals surface area contributed by atoms with E-state index in [0.717, 1.165) is 19.6 Å². The van der Waals surface area contributed by atoms with Crippen LogP contribution in [0, 0.1) is 0 Å². The molecular formula is C16H26N2O3. The summed E-state index contributed by atoms with van der Waals surface area (Å²) in [4.78, 5) is 2.25. The van der Waals surface area contributed by atoms with E-state index in [1.165, 1.54) is 12.8 Å². The smallest absolute Gasteiger partial charge is 0.124 e.